The molecule has 0 aromatic heterocycles. The van der Waals surface area contributed by atoms with E-state index in [4.69, 9.17) is 0 Å². The lowest BCUT2D eigenvalue weighted by Gasteiger charge is -2.14. The summed E-state index contributed by atoms with van der Waals surface area (Å²) in [5.41, 5.74) is 0. The number of rotatable bonds is 4. The molecule has 0 radical (unpaired) electrons. The van der Waals surface area contributed by atoms with Gasteiger partial charge in [-0.15, -0.1) is 10.1 Å². The minimum atomic E-state index is -0.569. The molecule has 2 fully saturated rings. The number of carbonyl (C=O) groups is 6. The maximum atomic E-state index is 11.3. The molecule has 10 nitrogen and oxygen atoms in total. The van der Waals surface area contributed by atoms with E-state index in [1.165, 1.54) is 0 Å². The molecule has 10 heteroatoms. The van der Waals surface area contributed by atoms with Crippen LogP contribution in [0.5, 0.6) is 0 Å². The highest BCUT2D eigenvalue weighted by Gasteiger charge is 2.39. The quantitative estimate of drug-likeness (QED) is 0.637. The first-order valence-electron chi connectivity index (χ1n) is 8.61. The third kappa shape index (κ3) is 7.63. The van der Waals surface area contributed by atoms with Crippen LogP contribution in [0, 0.1) is 17.8 Å². The lowest BCUT2D eigenvalue weighted by molar-refractivity contribution is -0.200. The average molecular weight is 416 g/mol. The Morgan fingerprint density at radius 1 is 0.793 bits per heavy atom. The van der Waals surface area contributed by atoms with Crippen LogP contribution in [0.4, 0.5) is 0 Å². The third-order valence-corrected chi connectivity index (χ3v) is 3.64. The highest BCUT2D eigenvalue weighted by atomic mass is 16.7. The number of carbonyl (C=O) groups excluding carboxylic acids is 6. The van der Waals surface area contributed by atoms with Crippen molar-refractivity contribution in [3.8, 4) is 0 Å². The van der Waals surface area contributed by atoms with E-state index >= 15 is 0 Å². The summed E-state index contributed by atoms with van der Waals surface area (Å²) in [5, 5.41) is 1.13. The molecule has 2 rings (SSSR count). The summed E-state index contributed by atoms with van der Waals surface area (Å²) in [6.45, 7) is 8.16. The van der Waals surface area contributed by atoms with E-state index in [1.807, 2.05) is 0 Å². The van der Waals surface area contributed by atoms with Crippen LogP contribution < -0.4 is 0 Å². The summed E-state index contributed by atoms with van der Waals surface area (Å²) in [7, 11) is 0. The van der Waals surface area contributed by atoms with Crippen LogP contribution in [0.1, 0.15) is 68.7 Å². The second-order valence-corrected chi connectivity index (χ2v) is 6.84. The number of hydrogen-bond donors (Lipinski definition) is 0. The molecule has 0 aromatic rings. The van der Waals surface area contributed by atoms with Crippen molar-refractivity contribution < 1.29 is 38.4 Å². The van der Waals surface area contributed by atoms with Gasteiger partial charge in [-0.1, -0.05) is 49.5 Å². The zero-order valence-electron chi connectivity index (χ0n) is 16.0. The summed E-state index contributed by atoms with van der Waals surface area (Å²) >= 11 is 0. The SMILES string of the molecule is C.C.CC(C)C(=O)ON1C(=O)CC(C)C1=O.CC(C)C(=O)ON1C(=O)CCC1=O. The minimum absolute atomic E-state index is 0. The lowest BCUT2D eigenvalue weighted by atomic mass is 10.1. The Bertz CT molecular complexity index is 641. The van der Waals surface area contributed by atoms with Gasteiger partial charge in [0, 0.05) is 25.2 Å². The van der Waals surface area contributed by atoms with E-state index in [1.54, 1.807) is 34.6 Å². The van der Waals surface area contributed by atoms with Crippen LogP contribution in [0.3, 0.4) is 0 Å². The number of nitrogens with zero attached hydrogens (tertiary/aromatic N) is 2. The van der Waals surface area contributed by atoms with E-state index < -0.39 is 35.6 Å². The van der Waals surface area contributed by atoms with Crippen molar-refractivity contribution in [2.45, 2.75) is 68.7 Å². The van der Waals surface area contributed by atoms with Gasteiger partial charge < -0.3 is 9.68 Å². The molecule has 2 aliphatic rings. The molecule has 29 heavy (non-hydrogen) atoms. The molecule has 0 aliphatic carbocycles. The molecule has 1 atom stereocenters. The van der Waals surface area contributed by atoms with Crippen molar-refractivity contribution >= 4 is 35.6 Å². The molecule has 4 amide bonds. The van der Waals surface area contributed by atoms with Gasteiger partial charge in [0.2, 0.25) is 0 Å². The van der Waals surface area contributed by atoms with Crippen LogP contribution in [0.25, 0.3) is 0 Å². The Balaban J connectivity index is 0. The first-order chi connectivity index (χ1) is 12.5. The molecule has 1 unspecified atom stereocenters. The van der Waals surface area contributed by atoms with Crippen molar-refractivity contribution in [2.24, 2.45) is 17.8 Å². The Hall–Kier alpha value is -2.78. The van der Waals surface area contributed by atoms with Crippen LogP contribution in [-0.2, 0) is 38.4 Å². The summed E-state index contributed by atoms with van der Waals surface area (Å²) in [6, 6.07) is 0. The van der Waals surface area contributed by atoms with Gasteiger partial charge in [-0.3, -0.25) is 19.2 Å². The molecular weight excluding hydrogens is 384 g/mol. The average Bonchev–Trinajstić information content (AvgIpc) is 3.02. The second-order valence-electron chi connectivity index (χ2n) is 6.84. The predicted molar refractivity (Wildman–Crippen MR) is 102 cm³/mol. The summed E-state index contributed by atoms with van der Waals surface area (Å²) in [4.78, 5) is 75.8. The van der Waals surface area contributed by atoms with Gasteiger partial charge in [0.15, 0.2) is 0 Å². The number of hydroxylamine groups is 4. The van der Waals surface area contributed by atoms with E-state index in [2.05, 4.69) is 9.68 Å². The minimum Gasteiger partial charge on any atom is -0.330 e. The third-order valence-electron chi connectivity index (χ3n) is 3.64. The van der Waals surface area contributed by atoms with Crippen LogP contribution >= 0.6 is 0 Å². The number of hydrogen-bond acceptors (Lipinski definition) is 8. The van der Waals surface area contributed by atoms with Crippen LogP contribution in [-0.4, -0.2) is 45.7 Å². The number of imide groups is 2. The van der Waals surface area contributed by atoms with Crippen molar-refractivity contribution in [3.63, 3.8) is 0 Å². The Morgan fingerprint density at radius 2 is 1.17 bits per heavy atom. The standard InChI is InChI=1S/C9H13NO4.C8H11NO4.2CH4/c1-5(2)9(13)14-10-7(11)4-6(3)8(10)12;1-5(2)8(12)13-9-6(10)3-4-7(9)11;;/h5-6H,4H2,1-3H3;5H,3-4H2,1-2H3;2*1H4. The van der Waals surface area contributed by atoms with E-state index in [0.717, 1.165) is 0 Å². The van der Waals surface area contributed by atoms with Gasteiger partial charge in [-0.2, -0.15) is 0 Å². The first-order valence-corrected chi connectivity index (χ1v) is 8.61. The monoisotopic (exact) mass is 416 g/mol. The summed E-state index contributed by atoms with van der Waals surface area (Å²) in [6.07, 6.45) is 0.374. The highest BCUT2D eigenvalue weighted by molar-refractivity contribution is 6.03. The maximum Gasteiger partial charge on any atom is 0.335 e. The fourth-order valence-electron chi connectivity index (χ4n) is 1.90. The maximum absolute atomic E-state index is 11.3. The zero-order chi connectivity index (χ0) is 20.9. The molecular formula is C19H32N2O8. The van der Waals surface area contributed by atoms with Gasteiger partial charge in [0.05, 0.1) is 11.8 Å². The van der Waals surface area contributed by atoms with Gasteiger partial charge >= 0.3 is 11.9 Å². The molecule has 0 N–H and O–H groups in total. The molecule has 0 spiro atoms. The normalized spacial score (nSPS) is 18.2. The van der Waals surface area contributed by atoms with Gasteiger partial charge in [0.1, 0.15) is 0 Å². The molecule has 2 saturated heterocycles. The molecule has 0 saturated carbocycles. The molecule has 0 bridgehead atoms. The fourth-order valence-corrected chi connectivity index (χ4v) is 1.90. The first kappa shape index (κ1) is 28.4. The van der Waals surface area contributed by atoms with Crippen molar-refractivity contribution in [2.75, 3.05) is 0 Å². The predicted octanol–water partition coefficient (Wildman–Crippen LogP) is 2.02. The largest absolute Gasteiger partial charge is 0.335 e. The Kier molecular flexibility index (Phi) is 11.7. The van der Waals surface area contributed by atoms with E-state index in [9.17, 15) is 28.8 Å². The second kappa shape index (κ2) is 11.9. The summed E-state index contributed by atoms with van der Waals surface area (Å²) < 4.78 is 0. The topological polar surface area (TPSA) is 127 Å². The summed E-state index contributed by atoms with van der Waals surface area (Å²) in [5.74, 6) is -4.00. The molecule has 0 aromatic carbocycles. The molecule has 166 valence electrons. The zero-order valence-corrected chi connectivity index (χ0v) is 16.0. The number of amides is 4. The van der Waals surface area contributed by atoms with Crippen LogP contribution in [0.2, 0.25) is 0 Å². The van der Waals surface area contributed by atoms with Gasteiger partial charge in [0.25, 0.3) is 23.6 Å². The van der Waals surface area contributed by atoms with Crippen LogP contribution in [0.15, 0.2) is 0 Å². The van der Waals surface area contributed by atoms with Crippen molar-refractivity contribution in [1.29, 1.82) is 0 Å². The fraction of sp³-hybridized carbons (Fsp3) is 0.684. The lowest BCUT2D eigenvalue weighted by Crippen LogP contribution is -2.34. The van der Waals surface area contributed by atoms with Crippen molar-refractivity contribution in [1.82, 2.24) is 10.1 Å². The highest BCUT2D eigenvalue weighted by Crippen LogP contribution is 2.19. The van der Waals surface area contributed by atoms with Gasteiger partial charge in [-0.05, 0) is 0 Å². The molecule has 2 heterocycles. The van der Waals surface area contributed by atoms with Gasteiger partial charge in [-0.25, -0.2) is 9.59 Å². The smallest absolute Gasteiger partial charge is 0.330 e. The van der Waals surface area contributed by atoms with E-state index in [-0.39, 0.29) is 51.9 Å². The Morgan fingerprint density at radius 3 is 1.48 bits per heavy atom. The molecule has 2 aliphatic heterocycles. The Labute approximate surface area is 171 Å². The van der Waals surface area contributed by atoms with E-state index in [0.29, 0.717) is 10.1 Å². The van der Waals surface area contributed by atoms with Crippen molar-refractivity contribution in [3.05, 3.63) is 0 Å².